The summed E-state index contributed by atoms with van der Waals surface area (Å²) in [5.41, 5.74) is 9.84. The lowest BCUT2D eigenvalue weighted by molar-refractivity contribution is 0.222. The lowest BCUT2D eigenvalue weighted by Gasteiger charge is -2.31. The van der Waals surface area contributed by atoms with E-state index in [1.165, 1.54) is 4.31 Å². The average Bonchev–Trinajstić information content (AvgIpc) is 3.40. The largest absolute Gasteiger partial charge is 0.383 e. The van der Waals surface area contributed by atoms with Crippen molar-refractivity contribution in [2.75, 3.05) is 39.0 Å². The fourth-order valence-corrected chi connectivity index (χ4v) is 5.29. The van der Waals surface area contributed by atoms with Crippen molar-refractivity contribution in [3.63, 3.8) is 0 Å². The van der Waals surface area contributed by atoms with Crippen LogP contribution in [-0.4, -0.2) is 75.6 Å². The van der Waals surface area contributed by atoms with Crippen molar-refractivity contribution in [2.45, 2.75) is 4.90 Å². The van der Waals surface area contributed by atoms with Crippen LogP contribution in [0, 0.1) is 0 Å². The zero-order valence-corrected chi connectivity index (χ0v) is 18.7. The number of hydrogen-bond acceptors (Lipinski definition) is 7. The van der Waals surface area contributed by atoms with E-state index in [2.05, 4.69) is 25.0 Å². The summed E-state index contributed by atoms with van der Waals surface area (Å²) in [7, 11) is 0.266. The minimum Gasteiger partial charge on any atom is -0.383 e. The Labute approximate surface area is 185 Å². The third kappa shape index (κ3) is 3.64. The van der Waals surface area contributed by atoms with Gasteiger partial charge in [-0.25, -0.2) is 18.4 Å². The predicted octanol–water partition coefficient (Wildman–Crippen LogP) is 1.54. The molecular formula is C21H24N8O2S. The first kappa shape index (κ1) is 20.6. The molecule has 3 N–H and O–H groups in total. The van der Waals surface area contributed by atoms with Gasteiger partial charge in [0, 0.05) is 56.7 Å². The minimum atomic E-state index is -3.57. The summed E-state index contributed by atoms with van der Waals surface area (Å²) in [6.07, 6.45) is 5.34. The molecule has 1 fully saturated rings. The van der Waals surface area contributed by atoms with Crippen molar-refractivity contribution in [3.05, 3.63) is 42.9 Å². The van der Waals surface area contributed by atoms with E-state index in [-0.39, 0.29) is 4.90 Å². The smallest absolute Gasteiger partial charge is 0.243 e. The number of nitrogen functional groups attached to an aromatic ring is 1. The molecule has 0 aliphatic carbocycles. The highest BCUT2D eigenvalue weighted by Gasteiger charge is 2.28. The van der Waals surface area contributed by atoms with Crippen LogP contribution in [0.5, 0.6) is 0 Å². The molecule has 0 bridgehead atoms. The molecule has 0 unspecified atom stereocenters. The van der Waals surface area contributed by atoms with Crippen molar-refractivity contribution < 1.29 is 8.42 Å². The number of benzene rings is 1. The van der Waals surface area contributed by atoms with Gasteiger partial charge < -0.3 is 15.6 Å². The van der Waals surface area contributed by atoms with Gasteiger partial charge in [0.25, 0.3) is 0 Å². The molecule has 0 atom stereocenters. The molecule has 0 amide bonds. The van der Waals surface area contributed by atoms with Crippen LogP contribution < -0.4 is 5.73 Å². The number of anilines is 1. The second-order valence-electron chi connectivity index (χ2n) is 8.03. The highest BCUT2D eigenvalue weighted by molar-refractivity contribution is 7.89. The maximum absolute atomic E-state index is 13.1. The molecule has 1 aromatic carbocycles. The lowest BCUT2D eigenvalue weighted by atomic mass is 10.1. The molecular weight excluding hydrogens is 428 g/mol. The molecule has 11 heteroatoms. The molecule has 0 spiro atoms. The Kier molecular flexibility index (Phi) is 4.96. The topological polar surface area (TPSA) is 126 Å². The Bertz CT molecular complexity index is 1400. The molecule has 3 aromatic heterocycles. The number of aryl methyl sites for hydroxylation is 1. The molecule has 0 saturated carbocycles. The zero-order valence-electron chi connectivity index (χ0n) is 17.9. The number of rotatable bonds is 4. The van der Waals surface area contributed by atoms with Crippen LogP contribution in [0.25, 0.3) is 33.5 Å². The summed E-state index contributed by atoms with van der Waals surface area (Å²) in [6, 6.07) is 6.87. The van der Waals surface area contributed by atoms with Gasteiger partial charge in [0.1, 0.15) is 11.6 Å². The van der Waals surface area contributed by atoms with Gasteiger partial charge in [0.05, 0.1) is 27.7 Å². The van der Waals surface area contributed by atoms with Gasteiger partial charge in [-0.05, 0) is 31.3 Å². The van der Waals surface area contributed by atoms with Crippen molar-refractivity contribution in [1.29, 1.82) is 0 Å². The molecule has 1 aliphatic heterocycles. The van der Waals surface area contributed by atoms with Crippen LogP contribution in [0.2, 0.25) is 0 Å². The van der Waals surface area contributed by atoms with E-state index in [4.69, 9.17) is 5.73 Å². The van der Waals surface area contributed by atoms with Crippen LogP contribution in [0.15, 0.2) is 47.8 Å². The lowest BCUT2D eigenvalue weighted by Crippen LogP contribution is -2.46. The number of likely N-dealkylation sites (N-methyl/N-ethyl adjacent to an activating group) is 1. The van der Waals surface area contributed by atoms with Crippen LogP contribution in [0.4, 0.5) is 5.82 Å². The van der Waals surface area contributed by atoms with E-state index in [9.17, 15) is 8.42 Å². The van der Waals surface area contributed by atoms with Gasteiger partial charge in [-0.1, -0.05) is 0 Å². The number of nitrogens with one attached hydrogen (secondary N) is 1. The Hall–Kier alpha value is -3.28. The van der Waals surface area contributed by atoms with E-state index in [0.29, 0.717) is 48.9 Å². The molecule has 1 aliphatic rings. The quantitative estimate of drug-likeness (QED) is 0.481. The highest BCUT2D eigenvalue weighted by Crippen LogP contribution is 2.30. The summed E-state index contributed by atoms with van der Waals surface area (Å²) in [4.78, 5) is 14.5. The number of hydrogen-bond donors (Lipinski definition) is 2. The number of fused-ring (bicyclic) bond motifs is 1. The molecule has 5 rings (SSSR count). The Morgan fingerprint density at radius 3 is 2.53 bits per heavy atom. The predicted molar refractivity (Wildman–Crippen MR) is 122 cm³/mol. The first-order valence-corrected chi connectivity index (χ1v) is 11.7. The SMILES string of the molecule is CN1CCN(S(=O)(=O)c2ccc3[nH]c(-c4cc(-c5cnn(C)c5)cnc4N)nc3c2)CC1. The number of nitrogens with two attached hydrogens (primary N) is 1. The van der Waals surface area contributed by atoms with E-state index >= 15 is 0 Å². The molecule has 4 heterocycles. The van der Waals surface area contributed by atoms with Gasteiger partial charge >= 0.3 is 0 Å². The van der Waals surface area contributed by atoms with Gasteiger partial charge in [0.15, 0.2) is 0 Å². The van der Waals surface area contributed by atoms with E-state index in [1.54, 1.807) is 35.3 Å². The summed E-state index contributed by atoms with van der Waals surface area (Å²) < 4.78 is 29.5. The average molecular weight is 453 g/mol. The van der Waals surface area contributed by atoms with Crippen molar-refractivity contribution >= 4 is 26.9 Å². The fourth-order valence-electron chi connectivity index (χ4n) is 3.84. The number of imidazole rings is 1. The summed E-state index contributed by atoms with van der Waals surface area (Å²) >= 11 is 0. The number of piperazine rings is 1. The molecule has 0 radical (unpaired) electrons. The monoisotopic (exact) mass is 452 g/mol. The fraction of sp³-hybridized carbons (Fsp3) is 0.286. The van der Waals surface area contributed by atoms with Crippen LogP contribution >= 0.6 is 0 Å². The van der Waals surface area contributed by atoms with Crippen LogP contribution in [0.3, 0.4) is 0 Å². The standard InChI is InChI=1S/C21H24N8O2S/c1-27-5-7-29(8-6-27)32(30,31)16-3-4-18-19(10-16)26-21(25-18)17-9-14(11-23-20(17)22)15-12-24-28(2)13-15/h3-4,9-13H,5-8H2,1-2H3,(H2,22,23)(H,25,26). The maximum Gasteiger partial charge on any atom is 0.243 e. The van der Waals surface area contributed by atoms with Gasteiger partial charge in [0.2, 0.25) is 10.0 Å². The highest BCUT2D eigenvalue weighted by atomic mass is 32.2. The summed E-state index contributed by atoms with van der Waals surface area (Å²) in [5.74, 6) is 0.867. The summed E-state index contributed by atoms with van der Waals surface area (Å²) in [6.45, 7) is 2.39. The van der Waals surface area contributed by atoms with Gasteiger partial charge in [-0.3, -0.25) is 4.68 Å². The first-order chi connectivity index (χ1) is 15.3. The van der Waals surface area contributed by atoms with Gasteiger partial charge in [-0.15, -0.1) is 0 Å². The van der Waals surface area contributed by atoms with E-state index in [1.807, 2.05) is 26.4 Å². The normalized spacial score (nSPS) is 16.1. The van der Waals surface area contributed by atoms with Gasteiger partial charge in [-0.2, -0.15) is 9.40 Å². The third-order valence-corrected chi connectivity index (χ3v) is 7.66. The van der Waals surface area contributed by atoms with Crippen LogP contribution in [-0.2, 0) is 17.1 Å². The number of aromatic nitrogens is 5. The third-order valence-electron chi connectivity index (χ3n) is 5.77. The van der Waals surface area contributed by atoms with Crippen molar-refractivity contribution in [1.82, 2.24) is 33.9 Å². The Morgan fingerprint density at radius 1 is 1.03 bits per heavy atom. The molecule has 1 saturated heterocycles. The number of sulfonamides is 1. The molecule has 10 nitrogen and oxygen atoms in total. The van der Waals surface area contributed by atoms with Crippen LogP contribution in [0.1, 0.15) is 0 Å². The number of aromatic amines is 1. The minimum absolute atomic E-state index is 0.239. The second-order valence-corrected chi connectivity index (χ2v) is 9.97. The molecule has 32 heavy (non-hydrogen) atoms. The number of pyridine rings is 1. The Balaban J connectivity index is 1.51. The van der Waals surface area contributed by atoms with E-state index in [0.717, 1.165) is 16.6 Å². The zero-order chi connectivity index (χ0) is 22.5. The number of H-pyrrole nitrogens is 1. The Morgan fingerprint density at radius 2 is 1.81 bits per heavy atom. The first-order valence-electron chi connectivity index (χ1n) is 10.2. The second kappa shape index (κ2) is 7.69. The summed E-state index contributed by atoms with van der Waals surface area (Å²) in [5, 5.41) is 4.20. The maximum atomic E-state index is 13.1. The van der Waals surface area contributed by atoms with E-state index < -0.39 is 10.0 Å². The molecule has 4 aromatic rings. The number of nitrogens with zero attached hydrogens (tertiary/aromatic N) is 6. The molecule has 166 valence electrons. The van der Waals surface area contributed by atoms with Crippen molar-refractivity contribution in [2.24, 2.45) is 7.05 Å². The van der Waals surface area contributed by atoms with Crippen molar-refractivity contribution in [3.8, 4) is 22.5 Å².